The van der Waals surface area contributed by atoms with Crippen LogP contribution in [0.2, 0.25) is 0 Å². The summed E-state index contributed by atoms with van der Waals surface area (Å²) in [6, 6.07) is 6.03. The molecular formula is C16H23Cl2F3N2. The number of halogens is 5. The van der Waals surface area contributed by atoms with Crippen LogP contribution in [0.4, 0.5) is 13.2 Å². The summed E-state index contributed by atoms with van der Waals surface area (Å²) in [7, 11) is 0. The Balaban J connectivity index is 0.00000132. The molecule has 23 heavy (non-hydrogen) atoms. The molecule has 1 aliphatic carbocycles. The molecular weight excluding hydrogens is 348 g/mol. The molecule has 1 saturated carbocycles. The summed E-state index contributed by atoms with van der Waals surface area (Å²) in [6.07, 6.45) is -0.641. The highest BCUT2D eigenvalue weighted by Crippen LogP contribution is 2.40. The van der Waals surface area contributed by atoms with Gasteiger partial charge in [-0.1, -0.05) is 25.0 Å². The van der Waals surface area contributed by atoms with E-state index in [0.717, 1.165) is 44.1 Å². The lowest BCUT2D eigenvalue weighted by atomic mass is 9.97. The largest absolute Gasteiger partial charge is 0.416 e. The molecule has 1 N–H and O–H groups in total. The minimum absolute atomic E-state index is 0. The van der Waals surface area contributed by atoms with Gasteiger partial charge in [-0.3, -0.25) is 4.90 Å². The van der Waals surface area contributed by atoms with Crippen molar-refractivity contribution >= 4 is 24.8 Å². The average molecular weight is 371 g/mol. The first-order chi connectivity index (χ1) is 10.0. The van der Waals surface area contributed by atoms with Crippen LogP contribution in [0.3, 0.4) is 0 Å². The molecule has 7 heteroatoms. The highest BCUT2D eigenvalue weighted by atomic mass is 35.5. The molecule has 1 atom stereocenters. The van der Waals surface area contributed by atoms with Crippen molar-refractivity contribution in [2.75, 3.05) is 26.2 Å². The van der Waals surface area contributed by atoms with Crippen LogP contribution in [0.25, 0.3) is 0 Å². The van der Waals surface area contributed by atoms with Crippen molar-refractivity contribution in [3.63, 3.8) is 0 Å². The van der Waals surface area contributed by atoms with Crippen LogP contribution in [0.15, 0.2) is 24.3 Å². The van der Waals surface area contributed by atoms with Gasteiger partial charge in [-0.05, 0) is 30.0 Å². The van der Waals surface area contributed by atoms with Crippen LogP contribution in [0, 0.1) is 5.92 Å². The second-order valence-electron chi connectivity index (χ2n) is 6.10. The lowest BCUT2D eigenvalue weighted by Gasteiger charge is -2.35. The Morgan fingerprint density at radius 2 is 1.61 bits per heavy atom. The average Bonchev–Trinajstić information content (AvgIpc) is 3.29. The summed E-state index contributed by atoms with van der Waals surface area (Å²) in [6.45, 7) is 3.86. The van der Waals surface area contributed by atoms with Gasteiger partial charge in [-0.15, -0.1) is 24.8 Å². The molecule has 2 aliphatic rings. The van der Waals surface area contributed by atoms with E-state index in [1.165, 1.54) is 25.0 Å². The van der Waals surface area contributed by atoms with E-state index >= 15 is 0 Å². The second kappa shape index (κ2) is 8.56. The van der Waals surface area contributed by atoms with Crippen molar-refractivity contribution in [3.05, 3.63) is 35.4 Å². The normalized spacial score (nSPS) is 20.3. The van der Waals surface area contributed by atoms with Gasteiger partial charge in [0.05, 0.1) is 5.56 Å². The fraction of sp³-hybridized carbons (Fsp3) is 0.625. The number of nitrogens with one attached hydrogen (secondary N) is 1. The topological polar surface area (TPSA) is 15.3 Å². The third-order valence-corrected chi connectivity index (χ3v) is 4.47. The first kappa shape index (κ1) is 20.6. The van der Waals surface area contributed by atoms with Crippen molar-refractivity contribution in [3.8, 4) is 0 Å². The van der Waals surface area contributed by atoms with Gasteiger partial charge in [0.2, 0.25) is 0 Å². The fourth-order valence-corrected chi connectivity index (χ4v) is 3.05. The van der Waals surface area contributed by atoms with E-state index in [9.17, 15) is 13.2 Å². The molecule has 0 spiro atoms. The van der Waals surface area contributed by atoms with Crippen molar-refractivity contribution in [1.29, 1.82) is 0 Å². The Hall–Kier alpha value is -0.490. The van der Waals surface area contributed by atoms with Gasteiger partial charge >= 0.3 is 6.18 Å². The van der Waals surface area contributed by atoms with Gasteiger partial charge in [0.1, 0.15) is 0 Å². The van der Waals surface area contributed by atoms with Crippen molar-refractivity contribution < 1.29 is 13.2 Å². The summed E-state index contributed by atoms with van der Waals surface area (Å²) in [5.74, 6) is 0.757. The molecule has 2 nitrogen and oxygen atoms in total. The van der Waals surface area contributed by atoms with Crippen molar-refractivity contribution in [1.82, 2.24) is 10.2 Å². The van der Waals surface area contributed by atoms with Crippen molar-refractivity contribution in [2.45, 2.75) is 31.5 Å². The molecule has 1 aromatic rings. The minimum Gasteiger partial charge on any atom is -0.314 e. The van der Waals surface area contributed by atoms with E-state index in [0.29, 0.717) is 0 Å². The number of nitrogens with zero attached hydrogens (tertiary/aromatic N) is 1. The first-order valence-electron chi connectivity index (χ1n) is 7.66. The zero-order valence-electron chi connectivity index (χ0n) is 12.8. The molecule has 1 heterocycles. The van der Waals surface area contributed by atoms with E-state index in [-0.39, 0.29) is 30.9 Å². The van der Waals surface area contributed by atoms with Crippen molar-refractivity contribution in [2.24, 2.45) is 5.92 Å². The maximum Gasteiger partial charge on any atom is 0.416 e. The molecule has 1 aromatic carbocycles. The molecule has 0 aromatic heterocycles. The minimum atomic E-state index is -4.25. The fourth-order valence-electron chi connectivity index (χ4n) is 3.05. The Morgan fingerprint density at radius 1 is 1.04 bits per heavy atom. The molecule has 2 fully saturated rings. The first-order valence-corrected chi connectivity index (χ1v) is 7.66. The maximum absolute atomic E-state index is 12.7. The lowest BCUT2D eigenvalue weighted by molar-refractivity contribution is -0.137. The standard InChI is InChI=1S/C16H21F3N2.2ClH/c17-16(18,19)14-5-3-13(4-6-14)15(11-12-1-2-12)21-9-7-20-8-10-21;;/h3-6,12,15,20H,1-2,7-11H2;2*1H/t15-;;/m0../s1. The number of hydrogen-bond donors (Lipinski definition) is 1. The van der Waals surface area contributed by atoms with Gasteiger partial charge in [0.25, 0.3) is 0 Å². The number of alkyl halides is 3. The number of benzene rings is 1. The maximum atomic E-state index is 12.7. The van der Waals surface area contributed by atoms with Crippen LogP contribution in [-0.2, 0) is 6.18 Å². The lowest BCUT2D eigenvalue weighted by Crippen LogP contribution is -2.45. The molecule has 1 saturated heterocycles. The Labute approximate surface area is 147 Å². The molecule has 0 amide bonds. The highest BCUT2D eigenvalue weighted by Gasteiger charge is 2.32. The molecule has 3 rings (SSSR count). The monoisotopic (exact) mass is 370 g/mol. The van der Waals surface area contributed by atoms with Gasteiger partial charge in [0, 0.05) is 32.2 Å². The Bertz CT molecular complexity index is 469. The summed E-state index contributed by atoms with van der Waals surface area (Å²) < 4.78 is 38.0. The molecule has 0 bridgehead atoms. The SMILES string of the molecule is Cl.Cl.FC(F)(F)c1ccc([C@H](CC2CC2)N2CCNCC2)cc1. The van der Waals surface area contributed by atoms with E-state index in [1.807, 2.05) is 0 Å². The van der Waals surface area contributed by atoms with E-state index in [4.69, 9.17) is 0 Å². The predicted octanol–water partition coefficient (Wildman–Crippen LogP) is 4.30. The second-order valence-corrected chi connectivity index (χ2v) is 6.10. The summed E-state index contributed by atoms with van der Waals surface area (Å²) in [5, 5.41) is 3.33. The van der Waals surface area contributed by atoms with Crippen LogP contribution >= 0.6 is 24.8 Å². The van der Waals surface area contributed by atoms with Crippen LogP contribution in [0.1, 0.15) is 36.4 Å². The zero-order chi connectivity index (χ0) is 14.9. The van der Waals surface area contributed by atoms with Crippen LogP contribution in [0.5, 0.6) is 0 Å². The predicted molar refractivity (Wildman–Crippen MR) is 90.5 cm³/mol. The zero-order valence-corrected chi connectivity index (χ0v) is 14.4. The summed E-state index contributed by atoms with van der Waals surface area (Å²) in [4.78, 5) is 2.41. The smallest absolute Gasteiger partial charge is 0.314 e. The van der Waals surface area contributed by atoms with Crippen LogP contribution < -0.4 is 5.32 Å². The Kier molecular flexibility index (Phi) is 7.65. The molecule has 1 aliphatic heterocycles. The summed E-state index contributed by atoms with van der Waals surface area (Å²) >= 11 is 0. The van der Waals surface area contributed by atoms with Crippen LogP contribution in [-0.4, -0.2) is 31.1 Å². The highest BCUT2D eigenvalue weighted by molar-refractivity contribution is 5.85. The third kappa shape index (κ3) is 5.52. The number of rotatable bonds is 4. The quantitative estimate of drug-likeness (QED) is 0.849. The number of hydrogen-bond acceptors (Lipinski definition) is 2. The Morgan fingerprint density at radius 3 is 2.09 bits per heavy atom. The van der Waals surface area contributed by atoms with Gasteiger partial charge < -0.3 is 5.32 Å². The number of piperazine rings is 1. The summed E-state index contributed by atoms with van der Waals surface area (Å²) in [5.41, 5.74) is 0.466. The molecule has 0 radical (unpaired) electrons. The van der Waals surface area contributed by atoms with E-state index in [1.54, 1.807) is 12.1 Å². The molecule has 0 unspecified atom stereocenters. The molecule has 132 valence electrons. The van der Waals surface area contributed by atoms with Gasteiger partial charge in [-0.25, -0.2) is 0 Å². The van der Waals surface area contributed by atoms with Gasteiger partial charge in [-0.2, -0.15) is 13.2 Å². The van der Waals surface area contributed by atoms with E-state index < -0.39 is 11.7 Å². The third-order valence-electron chi connectivity index (χ3n) is 4.47. The van der Waals surface area contributed by atoms with E-state index in [2.05, 4.69) is 10.2 Å². The van der Waals surface area contributed by atoms with Gasteiger partial charge in [0.15, 0.2) is 0 Å².